The van der Waals surface area contributed by atoms with E-state index in [1.54, 1.807) is 60.7 Å². The zero-order chi connectivity index (χ0) is 14.8. The van der Waals surface area contributed by atoms with Crippen molar-refractivity contribution in [3.8, 4) is 11.5 Å². The molecular formula is C13H13N2O4P. The normalized spacial score (nSPS) is 9.65. The first-order valence-electron chi connectivity index (χ1n) is 5.48. The van der Waals surface area contributed by atoms with Crippen molar-refractivity contribution in [3.63, 3.8) is 0 Å². The summed E-state index contributed by atoms with van der Waals surface area (Å²) in [6, 6.07) is 18.0. The van der Waals surface area contributed by atoms with E-state index in [2.05, 4.69) is 0 Å². The second-order valence-electron chi connectivity index (χ2n) is 3.40. The van der Waals surface area contributed by atoms with Crippen LogP contribution in [0.2, 0.25) is 0 Å². The van der Waals surface area contributed by atoms with E-state index in [1.807, 2.05) is 0 Å². The zero-order valence-corrected chi connectivity index (χ0v) is 11.3. The number of para-hydroxylation sites is 2. The molecule has 2 aromatic rings. The first kappa shape index (κ1) is 15.7. The topological polar surface area (TPSA) is 103 Å². The Balaban J connectivity index is 0.000000612. The van der Waals surface area contributed by atoms with Gasteiger partial charge in [0.05, 0.1) is 6.01 Å². The van der Waals surface area contributed by atoms with Gasteiger partial charge in [0.25, 0.3) is 0 Å². The van der Waals surface area contributed by atoms with E-state index in [0.29, 0.717) is 0 Å². The Hall–Kier alpha value is -2.39. The number of hydrogen-bond acceptors (Lipinski definition) is 5. The summed E-state index contributed by atoms with van der Waals surface area (Å²) in [6.45, 7) is 0. The van der Waals surface area contributed by atoms with E-state index in [4.69, 9.17) is 19.9 Å². The Morgan fingerprint density at radius 1 is 0.850 bits per heavy atom. The Morgan fingerprint density at radius 2 is 1.15 bits per heavy atom. The summed E-state index contributed by atoms with van der Waals surface area (Å²) in [4.78, 5) is 9.53. The predicted molar refractivity (Wildman–Crippen MR) is 74.4 cm³/mol. The molecule has 0 atom stereocenters. The number of benzene rings is 2. The van der Waals surface area contributed by atoms with Gasteiger partial charge in [0.15, 0.2) is 0 Å². The lowest BCUT2D eigenvalue weighted by molar-refractivity contribution is 0.291. The maximum atomic E-state index is 11.7. The van der Waals surface area contributed by atoms with Gasteiger partial charge in [-0.25, -0.2) is 15.4 Å². The third-order valence-electron chi connectivity index (χ3n) is 1.93. The summed E-state index contributed by atoms with van der Waals surface area (Å²) in [5.74, 6) is 0.573. The van der Waals surface area contributed by atoms with E-state index in [9.17, 15) is 9.46 Å². The molecule has 0 aromatic heterocycles. The molecule has 20 heavy (non-hydrogen) atoms. The molecule has 0 radical (unpaired) electrons. The quantitative estimate of drug-likeness (QED) is 0.592. The standard InChI is InChI=1S/C12H11O4P.CH2N2/c13-17(14,15-11-7-3-1-4-8-11)16-12-9-5-2-6-10-12;2-1-3/h1-10H,(H,13,14);2-3H. The van der Waals surface area contributed by atoms with Gasteiger partial charge in [-0.15, -0.1) is 0 Å². The highest BCUT2D eigenvalue weighted by atomic mass is 31.2. The molecule has 2 aromatic carbocycles. The van der Waals surface area contributed by atoms with E-state index >= 15 is 0 Å². The fourth-order valence-electron chi connectivity index (χ4n) is 1.25. The molecule has 2 rings (SSSR count). The zero-order valence-electron chi connectivity index (χ0n) is 10.4. The molecule has 0 bridgehead atoms. The Bertz CT molecular complexity index is 553. The lowest BCUT2D eigenvalue weighted by Gasteiger charge is -2.13. The van der Waals surface area contributed by atoms with Crippen molar-refractivity contribution in [3.05, 3.63) is 60.7 Å². The molecule has 3 N–H and O–H groups in total. The summed E-state index contributed by atoms with van der Waals surface area (Å²) < 4.78 is 21.5. The molecule has 0 saturated carbocycles. The van der Waals surface area contributed by atoms with Gasteiger partial charge in [0.2, 0.25) is 0 Å². The van der Waals surface area contributed by atoms with Crippen molar-refractivity contribution in [2.24, 2.45) is 0 Å². The number of hydrogen-bond donors (Lipinski definition) is 3. The molecule has 0 saturated heterocycles. The van der Waals surface area contributed by atoms with Gasteiger partial charge in [0.1, 0.15) is 11.5 Å². The molecule has 0 aliphatic carbocycles. The van der Waals surface area contributed by atoms with Crippen LogP contribution >= 0.6 is 7.82 Å². The predicted octanol–water partition coefficient (Wildman–Crippen LogP) is 3.56. The summed E-state index contributed by atoms with van der Waals surface area (Å²) >= 11 is 0. The molecule has 0 amide bonds. The van der Waals surface area contributed by atoms with Crippen LogP contribution in [0.1, 0.15) is 0 Å². The molecule has 0 fully saturated rings. The Morgan fingerprint density at radius 3 is 1.45 bits per heavy atom. The second-order valence-corrected chi connectivity index (χ2v) is 4.70. The van der Waals surface area contributed by atoms with Crippen molar-refractivity contribution in [2.75, 3.05) is 0 Å². The van der Waals surface area contributed by atoms with Gasteiger partial charge in [-0.2, -0.15) is 0 Å². The van der Waals surface area contributed by atoms with Crippen molar-refractivity contribution >= 4 is 13.8 Å². The van der Waals surface area contributed by atoms with Crippen LogP contribution < -0.4 is 9.05 Å². The average molecular weight is 292 g/mol. The van der Waals surface area contributed by atoms with Crippen LogP contribution in [-0.2, 0) is 4.57 Å². The molecule has 0 heterocycles. The lowest BCUT2D eigenvalue weighted by atomic mass is 10.3. The largest absolute Gasteiger partial charge is 0.584 e. The fourth-order valence-corrected chi connectivity index (χ4v) is 2.06. The third kappa shape index (κ3) is 5.98. The van der Waals surface area contributed by atoms with Crippen molar-refractivity contribution in [1.82, 2.24) is 0 Å². The third-order valence-corrected chi connectivity index (χ3v) is 2.81. The minimum Gasteiger partial charge on any atom is -0.395 e. The highest BCUT2D eigenvalue weighted by Gasteiger charge is 2.24. The van der Waals surface area contributed by atoms with Crippen LogP contribution in [0.5, 0.6) is 11.5 Å². The first-order chi connectivity index (χ1) is 9.57. The molecule has 104 valence electrons. The lowest BCUT2D eigenvalue weighted by Crippen LogP contribution is -1.99. The molecule has 6 nitrogen and oxygen atoms in total. The number of phosphoric ester groups is 1. The monoisotopic (exact) mass is 292 g/mol. The highest BCUT2D eigenvalue weighted by molar-refractivity contribution is 7.48. The van der Waals surface area contributed by atoms with Gasteiger partial charge in [0, 0.05) is 0 Å². The van der Waals surface area contributed by atoms with E-state index in [0.717, 1.165) is 0 Å². The first-order valence-corrected chi connectivity index (χ1v) is 6.97. The maximum absolute atomic E-state index is 11.7. The highest BCUT2D eigenvalue weighted by Crippen LogP contribution is 2.43. The SMILES string of the molecule is N=C=N.O=P(O)(Oc1ccccc1)Oc1ccccc1. The molecule has 0 aliphatic rings. The Labute approximate surface area is 116 Å². The van der Waals surface area contributed by atoms with Crippen molar-refractivity contribution < 1.29 is 18.5 Å². The average Bonchev–Trinajstić information content (AvgIpc) is 2.40. The van der Waals surface area contributed by atoms with Crippen LogP contribution in [0.4, 0.5) is 0 Å². The molecule has 7 heteroatoms. The fraction of sp³-hybridized carbons (Fsp3) is 0. The van der Waals surface area contributed by atoms with Crippen LogP contribution in [0.25, 0.3) is 0 Å². The van der Waals surface area contributed by atoms with Crippen molar-refractivity contribution in [2.45, 2.75) is 0 Å². The second kappa shape index (κ2) is 7.92. The number of phosphoric acid groups is 1. The summed E-state index contributed by atoms with van der Waals surface area (Å²) in [6.07, 6.45) is 0. The number of rotatable bonds is 4. The summed E-state index contributed by atoms with van der Waals surface area (Å²) in [5, 5.41) is 11.2. The van der Waals surface area contributed by atoms with Crippen molar-refractivity contribution in [1.29, 1.82) is 10.8 Å². The molecule has 0 unspecified atom stereocenters. The maximum Gasteiger partial charge on any atom is 0.584 e. The smallest absolute Gasteiger partial charge is 0.395 e. The minimum atomic E-state index is -4.14. The van der Waals surface area contributed by atoms with Gasteiger partial charge in [-0.05, 0) is 24.3 Å². The van der Waals surface area contributed by atoms with Crippen LogP contribution in [-0.4, -0.2) is 10.9 Å². The number of nitrogens with one attached hydrogen (secondary N) is 2. The molecular weight excluding hydrogens is 279 g/mol. The van der Waals surface area contributed by atoms with Crippen LogP contribution in [0.3, 0.4) is 0 Å². The van der Waals surface area contributed by atoms with Gasteiger partial charge in [-0.3, -0.25) is 4.89 Å². The van der Waals surface area contributed by atoms with E-state index in [1.165, 1.54) is 6.01 Å². The van der Waals surface area contributed by atoms with Crippen LogP contribution in [0.15, 0.2) is 60.7 Å². The van der Waals surface area contributed by atoms with Gasteiger partial charge >= 0.3 is 7.82 Å². The van der Waals surface area contributed by atoms with Crippen LogP contribution in [0, 0.1) is 10.8 Å². The summed E-state index contributed by atoms with van der Waals surface area (Å²) in [7, 11) is -4.14. The minimum absolute atomic E-state index is 0.286. The summed E-state index contributed by atoms with van der Waals surface area (Å²) in [5.41, 5.74) is 0. The Kier molecular flexibility index (Phi) is 6.20. The van der Waals surface area contributed by atoms with Gasteiger partial charge < -0.3 is 9.05 Å². The molecule has 0 spiro atoms. The van der Waals surface area contributed by atoms with E-state index < -0.39 is 7.82 Å². The van der Waals surface area contributed by atoms with E-state index in [-0.39, 0.29) is 11.5 Å². The molecule has 0 aliphatic heterocycles. The van der Waals surface area contributed by atoms with Gasteiger partial charge in [-0.1, -0.05) is 36.4 Å².